The molecule has 5 nitrogen and oxygen atoms in total. The van der Waals surface area contributed by atoms with Gasteiger partial charge in [-0.15, -0.1) is 0 Å². The molecule has 1 fully saturated rings. The molecule has 124 valence electrons. The number of nitrogens with zero attached hydrogens (tertiary/aromatic N) is 1. The third-order valence-corrected chi connectivity index (χ3v) is 4.09. The van der Waals surface area contributed by atoms with E-state index in [1.54, 1.807) is 19.3 Å². The van der Waals surface area contributed by atoms with Gasteiger partial charge in [0, 0.05) is 11.6 Å². The molecule has 1 aliphatic rings. The third kappa shape index (κ3) is 3.69. The highest BCUT2D eigenvalue weighted by molar-refractivity contribution is 8.18. The van der Waals surface area contributed by atoms with Crippen molar-refractivity contribution in [2.75, 3.05) is 7.11 Å². The molecule has 0 aliphatic carbocycles. The van der Waals surface area contributed by atoms with Crippen LogP contribution in [0, 0.1) is 0 Å². The summed E-state index contributed by atoms with van der Waals surface area (Å²) in [5, 5.41) is -0.245. The van der Waals surface area contributed by atoms with E-state index in [0.29, 0.717) is 22.0 Å². The van der Waals surface area contributed by atoms with Crippen LogP contribution in [0.2, 0.25) is 0 Å². The monoisotopic (exact) mass is 335 g/mol. The zero-order valence-corrected chi connectivity index (χ0v) is 14.8. The molecule has 0 unspecified atom stereocenters. The highest BCUT2D eigenvalue weighted by atomic mass is 32.2. The minimum atomic E-state index is -0.270. The number of hydrogen-bond donors (Lipinski definition) is 0. The molecule has 1 saturated heterocycles. The highest BCUT2D eigenvalue weighted by Crippen LogP contribution is 2.38. The second kappa shape index (κ2) is 7.08. The van der Waals surface area contributed by atoms with Crippen molar-refractivity contribution < 1.29 is 19.1 Å². The third-order valence-electron chi connectivity index (χ3n) is 3.21. The average Bonchev–Trinajstić information content (AvgIpc) is 2.74. The molecule has 1 heterocycles. The number of para-hydroxylation sites is 1. The lowest BCUT2D eigenvalue weighted by molar-refractivity contribution is -0.123. The van der Waals surface area contributed by atoms with Crippen LogP contribution in [-0.2, 0) is 4.79 Å². The number of ether oxygens (including phenoxy) is 2. The molecule has 2 rings (SSSR count). The van der Waals surface area contributed by atoms with Gasteiger partial charge >= 0.3 is 0 Å². The van der Waals surface area contributed by atoms with Crippen molar-refractivity contribution in [3.05, 3.63) is 28.7 Å². The number of imide groups is 1. The summed E-state index contributed by atoms with van der Waals surface area (Å²) in [7, 11) is 1.57. The number of carbonyl (C=O) groups excluding carboxylic acids is 2. The van der Waals surface area contributed by atoms with Crippen LogP contribution in [0.25, 0.3) is 6.08 Å². The van der Waals surface area contributed by atoms with Crippen LogP contribution in [0.15, 0.2) is 23.1 Å². The maximum absolute atomic E-state index is 12.4. The maximum atomic E-state index is 12.4. The van der Waals surface area contributed by atoms with Gasteiger partial charge < -0.3 is 9.47 Å². The standard InChI is InChI=1S/C17H21NO4S/c1-10(2)18-16(19)14(23-17(18)20)9-12-7-6-8-13(21-5)15(12)22-11(3)4/h6-11H,1-5H3/b14-9-. The lowest BCUT2D eigenvalue weighted by Crippen LogP contribution is -2.34. The number of rotatable bonds is 5. The summed E-state index contributed by atoms with van der Waals surface area (Å²) in [6, 6.07) is 5.30. The molecule has 0 N–H and O–H groups in total. The van der Waals surface area contributed by atoms with Crippen molar-refractivity contribution in [3.63, 3.8) is 0 Å². The molecule has 0 spiro atoms. The summed E-state index contributed by atoms with van der Waals surface area (Å²) in [5.41, 5.74) is 0.715. The number of carbonyl (C=O) groups is 2. The summed E-state index contributed by atoms with van der Waals surface area (Å²) < 4.78 is 11.2. The SMILES string of the molecule is COc1cccc(/C=C2\SC(=O)N(C(C)C)C2=O)c1OC(C)C. The Morgan fingerprint density at radius 2 is 1.87 bits per heavy atom. The Hall–Kier alpha value is -1.95. The van der Waals surface area contributed by atoms with Crippen molar-refractivity contribution in [2.45, 2.75) is 39.8 Å². The first kappa shape index (κ1) is 17.4. The lowest BCUT2D eigenvalue weighted by atomic mass is 10.1. The van der Waals surface area contributed by atoms with Crippen LogP contribution in [0.4, 0.5) is 4.79 Å². The number of amides is 2. The van der Waals surface area contributed by atoms with E-state index < -0.39 is 0 Å². The van der Waals surface area contributed by atoms with Crippen molar-refractivity contribution in [2.24, 2.45) is 0 Å². The van der Waals surface area contributed by atoms with Gasteiger partial charge in [-0.3, -0.25) is 14.5 Å². The molecule has 0 atom stereocenters. The minimum absolute atomic E-state index is 0.0378. The van der Waals surface area contributed by atoms with Gasteiger partial charge in [-0.25, -0.2) is 0 Å². The molecule has 23 heavy (non-hydrogen) atoms. The second-order valence-corrected chi connectivity index (χ2v) is 6.68. The van der Waals surface area contributed by atoms with Crippen LogP contribution in [0.5, 0.6) is 11.5 Å². The summed E-state index contributed by atoms with van der Waals surface area (Å²) in [6.07, 6.45) is 1.65. The van der Waals surface area contributed by atoms with Crippen LogP contribution in [0.1, 0.15) is 33.3 Å². The molecule has 1 aliphatic heterocycles. The second-order valence-electron chi connectivity index (χ2n) is 5.69. The van der Waals surface area contributed by atoms with Crippen LogP contribution in [-0.4, -0.2) is 35.3 Å². The van der Waals surface area contributed by atoms with Crippen molar-refractivity contribution >= 4 is 29.0 Å². The van der Waals surface area contributed by atoms with Crippen molar-refractivity contribution in [1.82, 2.24) is 4.90 Å². The summed E-state index contributed by atoms with van der Waals surface area (Å²) in [4.78, 5) is 26.0. The molecule has 0 bridgehead atoms. The average molecular weight is 335 g/mol. The Balaban J connectivity index is 2.43. The lowest BCUT2D eigenvalue weighted by Gasteiger charge is -2.17. The molecule has 2 amide bonds. The van der Waals surface area contributed by atoms with E-state index in [-0.39, 0.29) is 23.3 Å². The maximum Gasteiger partial charge on any atom is 0.293 e. The van der Waals surface area contributed by atoms with Gasteiger partial charge in [0.25, 0.3) is 11.1 Å². The number of thioether (sulfide) groups is 1. The summed E-state index contributed by atoms with van der Waals surface area (Å²) >= 11 is 0.948. The zero-order valence-electron chi connectivity index (χ0n) is 14.0. The molecule has 0 saturated carbocycles. The highest BCUT2D eigenvalue weighted by Gasteiger charge is 2.36. The van der Waals surface area contributed by atoms with E-state index in [4.69, 9.17) is 9.47 Å². The van der Waals surface area contributed by atoms with E-state index in [1.165, 1.54) is 4.90 Å². The Labute approximate surface area is 140 Å². The Morgan fingerprint density at radius 1 is 1.17 bits per heavy atom. The van der Waals surface area contributed by atoms with Crippen LogP contribution in [0.3, 0.4) is 0 Å². The Kier molecular flexibility index (Phi) is 5.36. The van der Waals surface area contributed by atoms with Gasteiger partial charge in [0.1, 0.15) is 0 Å². The van der Waals surface area contributed by atoms with Gasteiger partial charge in [0.15, 0.2) is 11.5 Å². The first-order valence-electron chi connectivity index (χ1n) is 7.45. The summed E-state index contributed by atoms with van der Waals surface area (Å²) in [6.45, 7) is 7.47. The predicted octanol–water partition coefficient (Wildman–Crippen LogP) is 3.93. The number of methoxy groups -OCH3 is 1. The molecule has 0 aromatic heterocycles. The predicted molar refractivity (Wildman–Crippen MR) is 91.7 cm³/mol. The van der Waals surface area contributed by atoms with Gasteiger partial charge in [0.2, 0.25) is 0 Å². The van der Waals surface area contributed by atoms with Crippen molar-refractivity contribution in [3.8, 4) is 11.5 Å². The number of hydrogen-bond acceptors (Lipinski definition) is 5. The normalized spacial score (nSPS) is 16.8. The van der Waals surface area contributed by atoms with E-state index in [2.05, 4.69) is 0 Å². The topological polar surface area (TPSA) is 55.8 Å². The van der Waals surface area contributed by atoms with Crippen LogP contribution < -0.4 is 9.47 Å². The van der Waals surface area contributed by atoms with Gasteiger partial charge in [-0.1, -0.05) is 12.1 Å². The fourth-order valence-corrected chi connectivity index (χ4v) is 3.19. The largest absolute Gasteiger partial charge is 0.493 e. The smallest absolute Gasteiger partial charge is 0.293 e. The van der Waals surface area contributed by atoms with Crippen LogP contribution >= 0.6 is 11.8 Å². The quantitative estimate of drug-likeness (QED) is 0.763. The first-order chi connectivity index (χ1) is 10.8. The fourth-order valence-electron chi connectivity index (χ4n) is 2.24. The summed E-state index contributed by atoms with van der Waals surface area (Å²) in [5.74, 6) is 0.894. The van der Waals surface area contributed by atoms with E-state index >= 15 is 0 Å². The van der Waals surface area contributed by atoms with Gasteiger partial charge in [-0.05, 0) is 51.6 Å². The molecular formula is C17H21NO4S. The minimum Gasteiger partial charge on any atom is -0.493 e. The Bertz CT molecular complexity index is 652. The Morgan fingerprint density at radius 3 is 2.39 bits per heavy atom. The van der Waals surface area contributed by atoms with E-state index in [0.717, 1.165) is 11.8 Å². The van der Waals surface area contributed by atoms with E-state index in [1.807, 2.05) is 39.8 Å². The van der Waals surface area contributed by atoms with Crippen molar-refractivity contribution in [1.29, 1.82) is 0 Å². The van der Waals surface area contributed by atoms with Gasteiger partial charge in [-0.2, -0.15) is 0 Å². The molecule has 0 radical (unpaired) electrons. The fraction of sp³-hybridized carbons (Fsp3) is 0.412. The number of benzene rings is 1. The molecular weight excluding hydrogens is 314 g/mol. The first-order valence-corrected chi connectivity index (χ1v) is 8.27. The molecule has 6 heteroatoms. The molecule has 1 aromatic rings. The van der Waals surface area contributed by atoms with E-state index in [9.17, 15) is 9.59 Å². The zero-order chi connectivity index (χ0) is 17.1. The van der Waals surface area contributed by atoms with Gasteiger partial charge in [0.05, 0.1) is 18.1 Å². The molecule has 1 aromatic carbocycles.